The van der Waals surface area contributed by atoms with Crippen LogP contribution in [-0.2, 0) is 55.8 Å². The molecule has 0 aliphatic rings. The number of allylic oxidation sites excluding steroid dienone is 26. The largest absolute Gasteiger partial charge is 0.472 e. The van der Waals surface area contributed by atoms with Crippen molar-refractivity contribution in [1.82, 2.24) is 0 Å². The van der Waals surface area contributed by atoms with Gasteiger partial charge in [0.25, 0.3) is 0 Å². The van der Waals surface area contributed by atoms with Crippen molar-refractivity contribution in [3.8, 4) is 0 Å². The highest BCUT2D eigenvalue weighted by atomic mass is 31.2. The Balaban J connectivity index is 4.72. The Morgan fingerprint density at radius 2 is 0.505 bits per heavy atom. The van der Waals surface area contributed by atoms with Gasteiger partial charge < -0.3 is 34.2 Å². The van der Waals surface area contributed by atoms with E-state index in [1.807, 2.05) is 0 Å². The number of unbranched alkanes of at least 4 members (excludes halogenated alkanes) is 27. The van der Waals surface area contributed by atoms with Crippen molar-refractivity contribution in [1.29, 1.82) is 0 Å². The molecule has 18 heteroatoms. The number of aliphatic hydroxyl groups is 2. The third-order valence-electron chi connectivity index (χ3n) is 16.7. The second kappa shape index (κ2) is 78.7. The van der Waals surface area contributed by atoms with E-state index in [2.05, 4.69) is 179 Å². The van der Waals surface area contributed by atoms with Gasteiger partial charge in [-0.25, -0.2) is 9.13 Å². The molecule has 4 N–H and O–H groups in total. The third-order valence-corrected chi connectivity index (χ3v) is 18.6. The number of hydrogen-bond acceptors (Lipinski definition) is 14. The summed E-state index contributed by atoms with van der Waals surface area (Å²) in [7, 11) is -9.82. The maximum Gasteiger partial charge on any atom is 0.472 e. The van der Waals surface area contributed by atoms with Gasteiger partial charge in [-0.3, -0.25) is 32.5 Å². The molecule has 0 heterocycles. The normalized spacial score (nSPS) is 14.8. The van der Waals surface area contributed by atoms with E-state index in [0.717, 1.165) is 180 Å². The fraction of sp³-hybridized carbons (Fsp3) is 0.667. The van der Waals surface area contributed by atoms with Crippen LogP contribution in [-0.4, -0.2) is 95.9 Å². The summed E-state index contributed by atoms with van der Waals surface area (Å²) in [6.45, 7) is 2.48. The summed E-state index contributed by atoms with van der Waals surface area (Å²) < 4.78 is 61.2. The van der Waals surface area contributed by atoms with Crippen LogP contribution in [0.4, 0.5) is 0 Å². The zero-order valence-electron chi connectivity index (χ0n) is 65.6. The van der Waals surface area contributed by atoms with E-state index in [4.69, 9.17) is 32.3 Å². The zero-order valence-corrected chi connectivity index (χ0v) is 67.4. The van der Waals surface area contributed by atoms with Crippen molar-refractivity contribution in [3.05, 3.63) is 158 Å². The van der Waals surface area contributed by atoms with Gasteiger partial charge in [0, 0.05) is 19.3 Å². The van der Waals surface area contributed by atoms with Gasteiger partial charge >= 0.3 is 33.6 Å². The highest BCUT2D eigenvalue weighted by Gasteiger charge is 2.29. The van der Waals surface area contributed by atoms with E-state index in [1.54, 1.807) is 0 Å². The third kappa shape index (κ3) is 80.0. The highest BCUT2D eigenvalue weighted by molar-refractivity contribution is 7.47. The average molecular weight is 1510 g/mol. The van der Waals surface area contributed by atoms with Crippen LogP contribution < -0.4 is 0 Å². The molecule has 0 spiro atoms. The zero-order chi connectivity index (χ0) is 76.6. The van der Waals surface area contributed by atoms with E-state index in [9.17, 15) is 43.5 Å². The number of esters is 3. The molecule has 0 aliphatic heterocycles. The van der Waals surface area contributed by atoms with E-state index in [1.165, 1.54) is 77.0 Å². The van der Waals surface area contributed by atoms with Crippen molar-refractivity contribution in [3.63, 3.8) is 0 Å². The molecule has 0 saturated heterocycles. The minimum atomic E-state index is -4.95. The van der Waals surface area contributed by atoms with Gasteiger partial charge in [-0.15, -0.1) is 0 Å². The van der Waals surface area contributed by atoms with Crippen molar-refractivity contribution < 1.29 is 75.8 Å². The molecule has 0 amide bonds. The van der Waals surface area contributed by atoms with Gasteiger partial charge in [0.2, 0.25) is 0 Å². The summed E-state index contributed by atoms with van der Waals surface area (Å²) >= 11 is 0. The molecule has 0 rings (SSSR count). The van der Waals surface area contributed by atoms with E-state index in [-0.39, 0.29) is 19.3 Å². The Kier molecular flexibility index (Phi) is 75.1. The van der Waals surface area contributed by atoms with E-state index < -0.39 is 91.5 Å². The Bertz CT molecular complexity index is 2540. The Hall–Kier alpha value is -4.83. The van der Waals surface area contributed by atoms with Crippen LogP contribution >= 0.6 is 15.6 Å². The summed E-state index contributed by atoms with van der Waals surface area (Å²) in [4.78, 5) is 58.8. The first kappa shape index (κ1) is 100. The van der Waals surface area contributed by atoms with Gasteiger partial charge in [-0.05, 0) is 154 Å². The Labute approximate surface area is 638 Å². The molecule has 105 heavy (non-hydrogen) atoms. The molecule has 5 unspecified atom stereocenters. The predicted octanol–water partition coefficient (Wildman–Crippen LogP) is 24.2. The topological polar surface area (TPSA) is 231 Å². The number of carbonyl (C=O) groups is 3. The summed E-state index contributed by atoms with van der Waals surface area (Å²) in [6, 6.07) is 0. The first-order valence-corrected chi connectivity index (χ1v) is 43.8. The first-order chi connectivity index (χ1) is 51.2. The quantitative estimate of drug-likeness (QED) is 0.0146. The number of ether oxygens (including phenoxy) is 3. The second-order valence-electron chi connectivity index (χ2n) is 26.8. The monoisotopic (exact) mass is 1510 g/mol. The minimum Gasteiger partial charge on any atom is -0.463 e. The Morgan fingerprint density at radius 3 is 0.800 bits per heavy atom. The van der Waals surface area contributed by atoms with Gasteiger partial charge in [-0.2, -0.15) is 0 Å². The summed E-state index contributed by atoms with van der Waals surface area (Å²) in [5.41, 5.74) is 0. The van der Waals surface area contributed by atoms with Crippen molar-refractivity contribution in [2.45, 2.75) is 334 Å². The minimum absolute atomic E-state index is 0.0741. The number of phosphoric acid groups is 2. The fourth-order valence-corrected chi connectivity index (χ4v) is 12.1. The second-order valence-corrected chi connectivity index (χ2v) is 29.7. The molecule has 0 saturated carbocycles. The SMILES string of the molecule is CC/C=C\C/C=C\C/C=C\C/C=C\C/C=C\CCCCCCCC(=O)OC(COC(=O)CCCCCCCCC/C=C\C/C=C\C/C=C\C/C=C\CCCCC)COP(=O)(O)OCC(O)COP(=O)(O)OCC(O)COC(=O)CCCCCCCCCCC/C=C\C/C=C\C/C=C\C/C=C\CCCCC. The summed E-state index contributed by atoms with van der Waals surface area (Å²) in [5.74, 6) is -1.62. The van der Waals surface area contributed by atoms with Crippen LogP contribution in [0.15, 0.2) is 158 Å². The molecular formula is C87H146O16P2. The standard InChI is InChI=1S/C87H146O16P2/c1-4-7-10-13-16-19-22-25-28-31-34-37-39-40-42-45-46-49-52-55-58-61-64-67-70-73-85(90)97-76-82(88)77-99-104(93,94)100-78-83(89)79-101-105(95,96)102-81-84(103-87(92)75-72-69-66-63-60-57-54-51-48-43-36-33-30-27-24-21-18-15-12-9-6-3)80-98-86(91)74-71-68-65-62-59-56-53-50-47-44-41-38-35-32-29-26-23-20-17-14-11-8-5-2/h9,12,16-21,25-30,34-38,40,42-44,47,51,54,82-84,88-89H,4-8,10-11,13-15,22-24,31-33,39,41,45-46,48-50,52-53,55-81H2,1-3H3,(H,93,94)(H,95,96)/b12-9-,19-16-,20-17-,21-18-,28-25-,29-26-,30-27-,37-34-,38-35-,42-40-,43-36-,47-44-,54-51-. The molecule has 600 valence electrons. The molecule has 0 aliphatic carbocycles. The molecule has 0 bridgehead atoms. The maximum atomic E-state index is 13.0. The highest BCUT2D eigenvalue weighted by Crippen LogP contribution is 2.45. The molecule has 0 aromatic rings. The van der Waals surface area contributed by atoms with Crippen molar-refractivity contribution >= 4 is 33.6 Å². The first-order valence-electron chi connectivity index (χ1n) is 40.8. The van der Waals surface area contributed by atoms with Crippen LogP contribution in [0.2, 0.25) is 0 Å². The molecule has 0 aromatic heterocycles. The lowest BCUT2D eigenvalue weighted by Crippen LogP contribution is -2.30. The summed E-state index contributed by atoms with van der Waals surface area (Å²) in [5, 5.41) is 20.7. The van der Waals surface area contributed by atoms with Crippen molar-refractivity contribution in [2.75, 3.05) is 39.6 Å². The summed E-state index contributed by atoms with van der Waals surface area (Å²) in [6.07, 6.45) is 98.4. The number of carbonyl (C=O) groups excluding carboxylic acids is 3. The van der Waals surface area contributed by atoms with E-state index >= 15 is 0 Å². The Morgan fingerprint density at radius 1 is 0.276 bits per heavy atom. The van der Waals surface area contributed by atoms with Crippen LogP contribution in [0.1, 0.15) is 316 Å². The molecule has 0 radical (unpaired) electrons. The average Bonchev–Trinajstić information content (AvgIpc) is 0.922. The lowest BCUT2D eigenvalue weighted by Gasteiger charge is -2.21. The van der Waals surface area contributed by atoms with Gasteiger partial charge in [0.15, 0.2) is 6.10 Å². The molecule has 0 fully saturated rings. The van der Waals surface area contributed by atoms with Gasteiger partial charge in [-0.1, -0.05) is 301 Å². The maximum absolute atomic E-state index is 13.0. The van der Waals surface area contributed by atoms with Gasteiger partial charge in [0.05, 0.1) is 26.4 Å². The number of aliphatic hydroxyl groups excluding tert-OH is 2. The number of phosphoric ester groups is 2. The van der Waals surface area contributed by atoms with Crippen LogP contribution in [0.5, 0.6) is 0 Å². The van der Waals surface area contributed by atoms with Crippen LogP contribution in [0, 0.1) is 0 Å². The lowest BCUT2D eigenvalue weighted by atomic mass is 10.1. The lowest BCUT2D eigenvalue weighted by molar-refractivity contribution is -0.161. The molecule has 0 aromatic carbocycles. The van der Waals surface area contributed by atoms with Gasteiger partial charge in [0.1, 0.15) is 25.4 Å². The molecular weight excluding hydrogens is 1360 g/mol. The smallest absolute Gasteiger partial charge is 0.463 e. The number of hydrogen-bond donors (Lipinski definition) is 4. The van der Waals surface area contributed by atoms with E-state index in [0.29, 0.717) is 19.3 Å². The van der Waals surface area contributed by atoms with Crippen LogP contribution in [0.3, 0.4) is 0 Å². The van der Waals surface area contributed by atoms with Crippen molar-refractivity contribution in [2.24, 2.45) is 0 Å². The molecule has 5 atom stereocenters. The number of rotatable bonds is 76. The molecule has 16 nitrogen and oxygen atoms in total. The fourth-order valence-electron chi connectivity index (χ4n) is 10.5. The van der Waals surface area contributed by atoms with Crippen LogP contribution in [0.25, 0.3) is 0 Å². The predicted molar refractivity (Wildman–Crippen MR) is 435 cm³/mol.